The molecular formula is C15H32N4. The summed E-state index contributed by atoms with van der Waals surface area (Å²) in [4.78, 5) is 7.65. The molecule has 4 nitrogen and oxygen atoms in total. The Morgan fingerprint density at radius 1 is 1.21 bits per heavy atom. The minimum absolute atomic E-state index is 0.382. The van der Waals surface area contributed by atoms with Crippen LogP contribution in [-0.2, 0) is 0 Å². The van der Waals surface area contributed by atoms with Crippen molar-refractivity contribution in [1.82, 2.24) is 20.0 Å². The monoisotopic (exact) mass is 268 g/mol. The molecule has 2 rings (SSSR count). The average Bonchev–Trinajstić information content (AvgIpc) is 2.76. The van der Waals surface area contributed by atoms with Crippen LogP contribution in [0.25, 0.3) is 0 Å². The summed E-state index contributed by atoms with van der Waals surface area (Å²) in [5, 5.41) is 3.43. The second-order valence-electron chi connectivity index (χ2n) is 7.31. The van der Waals surface area contributed by atoms with Crippen molar-refractivity contribution in [3.05, 3.63) is 0 Å². The van der Waals surface area contributed by atoms with E-state index >= 15 is 0 Å². The standard InChI is InChI=1S/C15H32N4/c1-15(2,13-19-9-6-16-7-10-19)12-18(4)14-5-8-17(3)11-14/h14,16H,5-13H2,1-4H3. The first-order valence-electron chi connectivity index (χ1n) is 7.78. The van der Waals surface area contributed by atoms with Crippen molar-refractivity contribution in [3.63, 3.8) is 0 Å². The average molecular weight is 268 g/mol. The number of nitrogens with one attached hydrogen (secondary N) is 1. The summed E-state index contributed by atoms with van der Waals surface area (Å²) in [5.74, 6) is 0. The van der Waals surface area contributed by atoms with Crippen LogP contribution in [0, 0.1) is 5.41 Å². The van der Waals surface area contributed by atoms with Gasteiger partial charge in [-0.3, -0.25) is 0 Å². The Bertz CT molecular complexity index is 273. The molecule has 2 aliphatic rings. The van der Waals surface area contributed by atoms with Crippen molar-refractivity contribution in [2.45, 2.75) is 26.3 Å². The van der Waals surface area contributed by atoms with Crippen LogP contribution in [0.2, 0.25) is 0 Å². The second-order valence-corrected chi connectivity index (χ2v) is 7.31. The Morgan fingerprint density at radius 3 is 2.47 bits per heavy atom. The zero-order valence-electron chi connectivity index (χ0n) is 13.3. The fourth-order valence-corrected chi connectivity index (χ4v) is 3.60. The van der Waals surface area contributed by atoms with E-state index in [4.69, 9.17) is 0 Å². The maximum Gasteiger partial charge on any atom is 0.0232 e. The van der Waals surface area contributed by atoms with Crippen molar-refractivity contribution >= 4 is 0 Å². The van der Waals surface area contributed by atoms with E-state index in [1.54, 1.807) is 0 Å². The molecule has 0 aromatic carbocycles. The fraction of sp³-hybridized carbons (Fsp3) is 1.00. The molecule has 2 heterocycles. The molecule has 0 bridgehead atoms. The number of hydrogen-bond acceptors (Lipinski definition) is 4. The van der Waals surface area contributed by atoms with Crippen molar-refractivity contribution in [1.29, 1.82) is 0 Å². The van der Waals surface area contributed by atoms with Crippen LogP contribution < -0.4 is 5.32 Å². The van der Waals surface area contributed by atoms with Crippen molar-refractivity contribution in [2.75, 3.05) is 66.5 Å². The van der Waals surface area contributed by atoms with Gasteiger partial charge < -0.3 is 20.0 Å². The van der Waals surface area contributed by atoms with E-state index in [1.807, 2.05) is 0 Å². The smallest absolute Gasteiger partial charge is 0.0232 e. The minimum atomic E-state index is 0.382. The molecule has 19 heavy (non-hydrogen) atoms. The Kier molecular flexibility index (Phi) is 5.23. The normalized spacial score (nSPS) is 27.3. The lowest BCUT2D eigenvalue weighted by atomic mass is 9.91. The largest absolute Gasteiger partial charge is 0.314 e. The highest BCUT2D eigenvalue weighted by atomic mass is 15.2. The van der Waals surface area contributed by atoms with Gasteiger partial charge in [0.15, 0.2) is 0 Å². The summed E-state index contributed by atoms with van der Waals surface area (Å²) < 4.78 is 0. The predicted molar refractivity (Wildman–Crippen MR) is 81.6 cm³/mol. The zero-order valence-corrected chi connectivity index (χ0v) is 13.3. The van der Waals surface area contributed by atoms with E-state index in [0.29, 0.717) is 5.41 Å². The topological polar surface area (TPSA) is 21.8 Å². The van der Waals surface area contributed by atoms with Gasteiger partial charge in [0.25, 0.3) is 0 Å². The maximum absolute atomic E-state index is 3.43. The van der Waals surface area contributed by atoms with Crippen molar-refractivity contribution < 1.29 is 0 Å². The van der Waals surface area contributed by atoms with Gasteiger partial charge in [-0.05, 0) is 32.5 Å². The number of piperazine rings is 1. The first-order valence-corrected chi connectivity index (χ1v) is 7.78. The molecular weight excluding hydrogens is 236 g/mol. The molecule has 2 saturated heterocycles. The molecule has 0 radical (unpaired) electrons. The number of likely N-dealkylation sites (tertiary alicyclic amines) is 1. The molecule has 1 atom stereocenters. The second kappa shape index (κ2) is 6.53. The zero-order chi connectivity index (χ0) is 13.9. The highest BCUT2D eigenvalue weighted by molar-refractivity contribution is 4.85. The third-order valence-electron chi connectivity index (χ3n) is 4.53. The lowest BCUT2D eigenvalue weighted by Crippen LogP contribution is -2.50. The summed E-state index contributed by atoms with van der Waals surface area (Å²) in [7, 11) is 4.54. The molecule has 2 aliphatic heterocycles. The molecule has 0 saturated carbocycles. The molecule has 112 valence electrons. The number of rotatable bonds is 5. The van der Waals surface area contributed by atoms with Crippen LogP contribution >= 0.6 is 0 Å². The van der Waals surface area contributed by atoms with E-state index in [-0.39, 0.29) is 0 Å². The summed E-state index contributed by atoms with van der Waals surface area (Å²) in [6.45, 7) is 14.5. The number of likely N-dealkylation sites (N-methyl/N-ethyl adjacent to an activating group) is 2. The number of hydrogen-bond donors (Lipinski definition) is 1. The van der Waals surface area contributed by atoms with E-state index in [9.17, 15) is 0 Å². The van der Waals surface area contributed by atoms with Crippen LogP contribution in [0.3, 0.4) is 0 Å². The maximum atomic E-state index is 3.43. The lowest BCUT2D eigenvalue weighted by molar-refractivity contribution is 0.105. The van der Waals surface area contributed by atoms with E-state index in [2.05, 4.69) is 48.0 Å². The molecule has 0 aliphatic carbocycles. The van der Waals surface area contributed by atoms with Gasteiger partial charge in [-0.15, -0.1) is 0 Å². The summed E-state index contributed by atoms with van der Waals surface area (Å²) in [6, 6.07) is 0.757. The van der Waals surface area contributed by atoms with E-state index in [1.165, 1.54) is 45.7 Å². The minimum Gasteiger partial charge on any atom is -0.314 e. The Balaban J connectivity index is 1.78. The summed E-state index contributed by atoms with van der Waals surface area (Å²) >= 11 is 0. The lowest BCUT2D eigenvalue weighted by Gasteiger charge is -2.38. The third-order valence-corrected chi connectivity index (χ3v) is 4.53. The molecule has 0 aromatic rings. The SMILES string of the molecule is CN1CCC(N(C)CC(C)(C)CN2CCNCC2)C1. The predicted octanol–water partition coefficient (Wildman–Crippen LogP) is 0.554. The quantitative estimate of drug-likeness (QED) is 0.786. The van der Waals surface area contributed by atoms with Crippen LogP contribution in [0.5, 0.6) is 0 Å². The van der Waals surface area contributed by atoms with Gasteiger partial charge in [-0.25, -0.2) is 0 Å². The van der Waals surface area contributed by atoms with Gasteiger partial charge in [0.2, 0.25) is 0 Å². The van der Waals surface area contributed by atoms with Crippen LogP contribution in [0.15, 0.2) is 0 Å². The van der Waals surface area contributed by atoms with Gasteiger partial charge in [0.1, 0.15) is 0 Å². The fourth-order valence-electron chi connectivity index (χ4n) is 3.60. The first kappa shape index (κ1) is 15.2. The Morgan fingerprint density at radius 2 is 1.89 bits per heavy atom. The van der Waals surface area contributed by atoms with Crippen LogP contribution in [0.1, 0.15) is 20.3 Å². The number of nitrogens with zero attached hydrogens (tertiary/aromatic N) is 3. The van der Waals surface area contributed by atoms with Gasteiger partial charge >= 0.3 is 0 Å². The van der Waals surface area contributed by atoms with Crippen LogP contribution in [0.4, 0.5) is 0 Å². The van der Waals surface area contributed by atoms with E-state index < -0.39 is 0 Å². The molecule has 2 fully saturated rings. The van der Waals surface area contributed by atoms with Gasteiger partial charge in [-0.2, -0.15) is 0 Å². The molecule has 0 spiro atoms. The third kappa shape index (κ3) is 4.71. The van der Waals surface area contributed by atoms with Gasteiger partial charge in [0.05, 0.1) is 0 Å². The highest BCUT2D eigenvalue weighted by Crippen LogP contribution is 2.22. The highest BCUT2D eigenvalue weighted by Gasteiger charge is 2.29. The molecule has 0 amide bonds. The van der Waals surface area contributed by atoms with Crippen LogP contribution in [-0.4, -0.2) is 87.2 Å². The molecule has 4 heteroatoms. The van der Waals surface area contributed by atoms with Crippen molar-refractivity contribution in [2.24, 2.45) is 5.41 Å². The molecule has 0 aromatic heterocycles. The van der Waals surface area contributed by atoms with Gasteiger partial charge in [0, 0.05) is 51.9 Å². The van der Waals surface area contributed by atoms with Crippen molar-refractivity contribution in [3.8, 4) is 0 Å². The molecule has 1 N–H and O–H groups in total. The Hall–Kier alpha value is -0.160. The first-order chi connectivity index (χ1) is 8.96. The molecule has 1 unspecified atom stereocenters. The Labute approximate surface area is 119 Å². The summed E-state index contributed by atoms with van der Waals surface area (Å²) in [5.41, 5.74) is 0.382. The summed E-state index contributed by atoms with van der Waals surface area (Å²) in [6.07, 6.45) is 1.33. The van der Waals surface area contributed by atoms with E-state index in [0.717, 1.165) is 19.1 Å². The van der Waals surface area contributed by atoms with Gasteiger partial charge in [-0.1, -0.05) is 13.8 Å².